The lowest BCUT2D eigenvalue weighted by atomic mass is 10.1. The number of hydrogen-bond donors (Lipinski definition) is 0. The first kappa shape index (κ1) is 20.4. The topological polar surface area (TPSA) is 101 Å². The second-order valence-electron chi connectivity index (χ2n) is 6.07. The number of nitro benzene ring substituents is 1. The third kappa shape index (κ3) is 4.05. The first-order chi connectivity index (χ1) is 13.2. The number of amides is 1. The number of piperazine rings is 1. The van der Waals surface area contributed by atoms with E-state index in [0.29, 0.717) is 4.47 Å². The van der Waals surface area contributed by atoms with Gasteiger partial charge in [0.15, 0.2) is 0 Å². The first-order valence-corrected chi connectivity index (χ1v) is 10.4. The number of hydrogen-bond acceptors (Lipinski definition) is 5. The third-order valence-electron chi connectivity index (χ3n) is 4.37. The molecule has 3 rings (SSSR count). The van der Waals surface area contributed by atoms with E-state index in [0.717, 1.165) is 12.1 Å². The van der Waals surface area contributed by atoms with Gasteiger partial charge in [0, 0.05) is 42.8 Å². The molecule has 1 saturated heterocycles. The van der Waals surface area contributed by atoms with Gasteiger partial charge in [-0.05, 0) is 30.3 Å². The van der Waals surface area contributed by atoms with E-state index < -0.39 is 26.7 Å². The van der Waals surface area contributed by atoms with Gasteiger partial charge in [-0.3, -0.25) is 14.9 Å². The molecular weight excluding hydrogens is 457 g/mol. The van der Waals surface area contributed by atoms with E-state index >= 15 is 0 Å². The Kier molecular flexibility index (Phi) is 5.77. The zero-order chi connectivity index (χ0) is 20.5. The van der Waals surface area contributed by atoms with Crippen LogP contribution in [0, 0.1) is 15.9 Å². The summed E-state index contributed by atoms with van der Waals surface area (Å²) in [6, 6.07) is 8.68. The third-order valence-corrected chi connectivity index (χ3v) is 6.78. The molecule has 0 saturated carbocycles. The summed E-state index contributed by atoms with van der Waals surface area (Å²) in [5.41, 5.74) is -0.286. The lowest BCUT2D eigenvalue weighted by Gasteiger charge is -2.34. The second-order valence-corrected chi connectivity index (χ2v) is 8.93. The van der Waals surface area contributed by atoms with Gasteiger partial charge >= 0.3 is 0 Å². The highest BCUT2D eigenvalue weighted by Gasteiger charge is 2.31. The Morgan fingerprint density at radius 1 is 1.07 bits per heavy atom. The largest absolute Gasteiger partial charge is 0.336 e. The van der Waals surface area contributed by atoms with Crippen molar-refractivity contribution in [2.45, 2.75) is 4.90 Å². The molecule has 2 aromatic carbocycles. The van der Waals surface area contributed by atoms with Crippen molar-refractivity contribution in [3.8, 4) is 0 Å². The summed E-state index contributed by atoms with van der Waals surface area (Å²) >= 11 is 3.20. The fourth-order valence-electron chi connectivity index (χ4n) is 2.85. The Bertz CT molecular complexity index is 1020. The van der Waals surface area contributed by atoms with Crippen LogP contribution >= 0.6 is 15.9 Å². The van der Waals surface area contributed by atoms with Gasteiger partial charge in [0.25, 0.3) is 11.6 Å². The highest BCUT2D eigenvalue weighted by atomic mass is 79.9. The van der Waals surface area contributed by atoms with E-state index in [1.54, 1.807) is 0 Å². The molecule has 1 aliphatic heterocycles. The van der Waals surface area contributed by atoms with Crippen LogP contribution in [-0.4, -0.2) is 54.6 Å². The van der Waals surface area contributed by atoms with Crippen LogP contribution in [-0.2, 0) is 10.0 Å². The van der Waals surface area contributed by atoms with E-state index in [-0.39, 0.29) is 42.3 Å². The SMILES string of the molecule is O=C(c1cc(Br)ccc1F)N1CCN(S(=O)(=O)c2ccc([N+](=O)[O-])cc2)CC1. The fraction of sp³-hybridized carbons (Fsp3) is 0.235. The van der Waals surface area contributed by atoms with Crippen LogP contribution in [0.3, 0.4) is 0 Å². The van der Waals surface area contributed by atoms with Crippen molar-refractivity contribution in [3.63, 3.8) is 0 Å². The van der Waals surface area contributed by atoms with Crippen LogP contribution in [0.25, 0.3) is 0 Å². The summed E-state index contributed by atoms with van der Waals surface area (Å²) in [7, 11) is -3.84. The normalized spacial score (nSPS) is 15.4. The van der Waals surface area contributed by atoms with Crippen molar-refractivity contribution in [2.75, 3.05) is 26.2 Å². The molecule has 148 valence electrons. The average Bonchev–Trinajstić information content (AvgIpc) is 2.69. The minimum Gasteiger partial charge on any atom is -0.336 e. The molecule has 1 amide bonds. The molecule has 0 unspecified atom stereocenters. The summed E-state index contributed by atoms with van der Waals surface area (Å²) < 4.78 is 41.1. The maximum Gasteiger partial charge on any atom is 0.269 e. The van der Waals surface area contributed by atoms with Crippen LogP contribution in [0.15, 0.2) is 51.8 Å². The van der Waals surface area contributed by atoms with Crippen molar-refractivity contribution in [1.82, 2.24) is 9.21 Å². The molecule has 0 N–H and O–H groups in total. The summed E-state index contributed by atoms with van der Waals surface area (Å²) in [6.07, 6.45) is 0. The second kappa shape index (κ2) is 7.94. The molecule has 0 spiro atoms. The quantitative estimate of drug-likeness (QED) is 0.503. The lowest BCUT2D eigenvalue weighted by molar-refractivity contribution is -0.384. The average molecular weight is 472 g/mol. The first-order valence-electron chi connectivity index (χ1n) is 8.19. The van der Waals surface area contributed by atoms with Gasteiger partial charge in [0.2, 0.25) is 10.0 Å². The van der Waals surface area contributed by atoms with Crippen molar-refractivity contribution in [3.05, 3.63) is 68.4 Å². The molecule has 11 heteroatoms. The lowest BCUT2D eigenvalue weighted by Crippen LogP contribution is -2.50. The Balaban J connectivity index is 1.71. The van der Waals surface area contributed by atoms with E-state index in [4.69, 9.17) is 0 Å². The fourth-order valence-corrected chi connectivity index (χ4v) is 4.64. The zero-order valence-corrected chi connectivity index (χ0v) is 16.8. The number of nitrogens with zero attached hydrogens (tertiary/aromatic N) is 3. The van der Waals surface area contributed by atoms with Gasteiger partial charge in [0.05, 0.1) is 15.4 Å². The Labute approximate surface area is 168 Å². The van der Waals surface area contributed by atoms with E-state index in [1.807, 2.05) is 0 Å². The highest BCUT2D eigenvalue weighted by molar-refractivity contribution is 9.10. The van der Waals surface area contributed by atoms with Crippen molar-refractivity contribution in [1.29, 1.82) is 0 Å². The van der Waals surface area contributed by atoms with E-state index in [9.17, 15) is 27.7 Å². The Morgan fingerprint density at radius 2 is 1.68 bits per heavy atom. The number of benzene rings is 2. The van der Waals surface area contributed by atoms with Crippen molar-refractivity contribution >= 4 is 37.5 Å². The van der Waals surface area contributed by atoms with Crippen LogP contribution in [0.1, 0.15) is 10.4 Å². The predicted molar refractivity (Wildman–Crippen MR) is 102 cm³/mol. The van der Waals surface area contributed by atoms with E-state index in [1.165, 1.54) is 39.5 Å². The highest BCUT2D eigenvalue weighted by Crippen LogP contribution is 2.22. The Morgan fingerprint density at radius 3 is 2.25 bits per heavy atom. The van der Waals surface area contributed by atoms with Crippen molar-refractivity contribution in [2.24, 2.45) is 0 Å². The molecule has 1 heterocycles. The molecule has 0 atom stereocenters. The van der Waals surface area contributed by atoms with Crippen LogP contribution in [0.5, 0.6) is 0 Å². The molecule has 28 heavy (non-hydrogen) atoms. The molecule has 0 radical (unpaired) electrons. The molecule has 1 fully saturated rings. The molecule has 0 aromatic heterocycles. The monoisotopic (exact) mass is 471 g/mol. The van der Waals surface area contributed by atoms with Crippen LogP contribution < -0.4 is 0 Å². The minimum absolute atomic E-state index is 0.0423. The number of halogens is 2. The van der Waals surface area contributed by atoms with Gasteiger partial charge in [-0.1, -0.05) is 15.9 Å². The maximum absolute atomic E-state index is 13.9. The van der Waals surface area contributed by atoms with Gasteiger partial charge in [-0.2, -0.15) is 4.31 Å². The van der Waals surface area contributed by atoms with Gasteiger partial charge < -0.3 is 4.90 Å². The molecule has 1 aliphatic rings. The van der Waals surface area contributed by atoms with Gasteiger partial charge in [0.1, 0.15) is 5.82 Å². The van der Waals surface area contributed by atoms with Gasteiger partial charge in [-0.25, -0.2) is 12.8 Å². The van der Waals surface area contributed by atoms with Crippen molar-refractivity contribution < 1.29 is 22.5 Å². The van der Waals surface area contributed by atoms with Crippen LogP contribution in [0.2, 0.25) is 0 Å². The number of nitro groups is 1. The maximum atomic E-state index is 13.9. The van der Waals surface area contributed by atoms with Crippen LogP contribution in [0.4, 0.5) is 10.1 Å². The molecule has 0 aliphatic carbocycles. The number of sulfonamides is 1. The predicted octanol–water partition coefficient (Wildman–Crippen LogP) is 2.64. The summed E-state index contributed by atoms with van der Waals surface area (Å²) in [6.45, 7) is 0.301. The van der Waals surface area contributed by atoms with E-state index in [2.05, 4.69) is 15.9 Å². The summed E-state index contributed by atoms with van der Waals surface area (Å²) in [5, 5.41) is 10.7. The minimum atomic E-state index is -3.84. The van der Waals surface area contributed by atoms with Gasteiger partial charge in [-0.15, -0.1) is 0 Å². The molecule has 8 nitrogen and oxygen atoms in total. The molecule has 2 aromatic rings. The molecule has 0 bridgehead atoms. The smallest absolute Gasteiger partial charge is 0.269 e. The standard InChI is InChI=1S/C17H15BrFN3O5S/c18-12-1-6-16(19)15(11-12)17(23)20-7-9-21(10-8-20)28(26,27)14-4-2-13(3-5-14)22(24)25/h1-6,11H,7-10H2. The Hall–Kier alpha value is -2.37. The summed E-state index contributed by atoms with van der Waals surface area (Å²) in [5.74, 6) is -1.15. The number of carbonyl (C=O) groups excluding carboxylic acids is 1. The molecular formula is C17H15BrFN3O5S. The zero-order valence-electron chi connectivity index (χ0n) is 14.4. The number of non-ortho nitro benzene ring substituents is 1. The summed E-state index contributed by atoms with van der Waals surface area (Å²) in [4.78, 5) is 24.0. The number of carbonyl (C=O) groups is 1. The number of rotatable bonds is 4.